The number of amides is 1. The zero-order chi connectivity index (χ0) is 24.2. The number of rotatable bonds is 13. The van der Waals surface area contributed by atoms with Crippen molar-refractivity contribution in [2.45, 2.75) is 45.4 Å². The highest BCUT2D eigenvalue weighted by molar-refractivity contribution is 5.94. The van der Waals surface area contributed by atoms with Gasteiger partial charge in [0.05, 0.1) is 25.6 Å². The summed E-state index contributed by atoms with van der Waals surface area (Å²) in [4.78, 5) is 12.4. The summed E-state index contributed by atoms with van der Waals surface area (Å²) in [6.45, 7) is 2.93. The van der Waals surface area contributed by atoms with Crippen LogP contribution in [0, 0.1) is 0 Å². The van der Waals surface area contributed by atoms with Crippen LogP contribution < -0.4 is 14.9 Å². The summed E-state index contributed by atoms with van der Waals surface area (Å²) in [7, 11) is 1.46. The molecule has 34 heavy (non-hydrogen) atoms. The van der Waals surface area contributed by atoms with E-state index in [1.54, 1.807) is 24.3 Å². The van der Waals surface area contributed by atoms with E-state index < -0.39 is 5.91 Å². The molecule has 3 rings (SSSR count). The van der Waals surface area contributed by atoms with Gasteiger partial charge in [0.2, 0.25) is 0 Å². The molecule has 0 aliphatic rings. The summed E-state index contributed by atoms with van der Waals surface area (Å²) in [5, 5.41) is 20.9. The highest BCUT2D eigenvalue weighted by atomic mass is 16.5. The molecule has 1 amide bonds. The van der Waals surface area contributed by atoms with Crippen LogP contribution in [-0.2, 0) is 0 Å². The monoisotopic (exact) mass is 464 g/mol. The first-order valence-corrected chi connectivity index (χ1v) is 11.6. The van der Waals surface area contributed by atoms with Crippen molar-refractivity contribution < 1.29 is 19.4 Å². The smallest absolute Gasteiger partial charge is 0.289 e. The molecule has 0 aliphatic heterocycles. The van der Waals surface area contributed by atoms with Gasteiger partial charge in [-0.1, -0.05) is 45.1 Å². The van der Waals surface area contributed by atoms with Gasteiger partial charge < -0.3 is 14.6 Å². The second-order valence-electron chi connectivity index (χ2n) is 7.90. The number of para-hydroxylation sites is 1. The summed E-state index contributed by atoms with van der Waals surface area (Å²) in [5.74, 6) is 0.649. The first-order chi connectivity index (χ1) is 16.6. The van der Waals surface area contributed by atoms with Gasteiger partial charge in [0, 0.05) is 11.1 Å². The van der Waals surface area contributed by atoms with Crippen LogP contribution in [0.4, 0.5) is 0 Å². The molecule has 2 aromatic carbocycles. The normalized spacial score (nSPS) is 11.0. The topological polar surface area (TPSA) is 109 Å². The fraction of sp³-hybridized carbons (Fsp3) is 0.346. The van der Waals surface area contributed by atoms with Crippen LogP contribution in [0.25, 0.3) is 11.3 Å². The first kappa shape index (κ1) is 24.8. The molecular formula is C26H32N4O4. The number of aromatic amines is 1. The van der Waals surface area contributed by atoms with E-state index in [1.165, 1.54) is 45.4 Å². The second kappa shape index (κ2) is 13.0. The number of carbonyl (C=O) groups is 1. The van der Waals surface area contributed by atoms with Crippen molar-refractivity contribution in [2.24, 2.45) is 5.10 Å². The zero-order valence-corrected chi connectivity index (χ0v) is 19.7. The van der Waals surface area contributed by atoms with Gasteiger partial charge in [-0.15, -0.1) is 0 Å². The standard InChI is InChI=1S/C26H32N4O4/c1-3-4-5-6-7-8-16-34-21-14-12-19(13-15-21)22-17-23(29-28-22)26(32)30-27-18-20-10-9-11-24(33-2)25(20)31/h9-15,17-18,31H,3-8,16H2,1-2H3,(H,28,29)(H,30,32)/b27-18-. The predicted octanol–water partition coefficient (Wildman–Crippen LogP) is 5.29. The number of phenolic OH excluding ortho intramolecular Hbond substituents is 1. The maximum atomic E-state index is 12.4. The number of hydrazone groups is 1. The molecule has 8 nitrogen and oxygen atoms in total. The molecule has 0 unspecified atom stereocenters. The number of H-pyrrole nitrogens is 1. The lowest BCUT2D eigenvalue weighted by Gasteiger charge is -2.06. The number of methoxy groups -OCH3 is 1. The molecule has 0 aliphatic carbocycles. The van der Waals surface area contributed by atoms with E-state index in [9.17, 15) is 9.90 Å². The number of benzene rings is 2. The Hall–Kier alpha value is -3.81. The average molecular weight is 465 g/mol. The minimum absolute atomic E-state index is 0.0498. The number of aromatic nitrogens is 2. The highest BCUT2D eigenvalue weighted by Crippen LogP contribution is 2.28. The summed E-state index contributed by atoms with van der Waals surface area (Å²) in [5.41, 5.74) is 4.62. The minimum atomic E-state index is -0.448. The molecule has 0 saturated carbocycles. The summed E-state index contributed by atoms with van der Waals surface area (Å²) < 4.78 is 10.9. The third-order valence-corrected chi connectivity index (χ3v) is 5.36. The van der Waals surface area contributed by atoms with Crippen LogP contribution in [-0.4, -0.2) is 41.1 Å². The van der Waals surface area contributed by atoms with Crippen LogP contribution in [0.3, 0.4) is 0 Å². The Kier molecular flexibility index (Phi) is 9.52. The minimum Gasteiger partial charge on any atom is -0.504 e. The van der Waals surface area contributed by atoms with Crippen molar-refractivity contribution in [1.29, 1.82) is 0 Å². The molecule has 1 aromatic heterocycles. The van der Waals surface area contributed by atoms with Gasteiger partial charge in [-0.05, 0) is 48.9 Å². The van der Waals surface area contributed by atoms with Gasteiger partial charge in [-0.2, -0.15) is 10.2 Å². The third-order valence-electron chi connectivity index (χ3n) is 5.36. The Morgan fingerprint density at radius 3 is 2.65 bits per heavy atom. The van der Waals surface area contributed by atoms with E-state index in [4.69, 9.17) is 9.47 Å². The van der Waals surface area contributed by atoms with E-state index in [0.717, 1.165) is 17.7 Å². The molecule has 0 atom stereocenters. The number of nitrogens with one attached hydrogen (secondary N) is 2. The zero-order valence-electron chi connectivity index (χ0n) is 19.7. The molecule has 0 bridgehead atoms. The Bertz CT molecular complexity index is 1080. The van der Waals surface area contributed by atoms with E-state index in [0.29, 0.717) is 23.6 Å². The number of nitrogens with zero attached hydrogens (tertiary/aromatic N) is 2. The van der Waals surface area contributed by atoms with E-state index in [-0.39, 0.29) is 11.4 Å². The van der Waals surface area contributed by atoms with Gasteiger partial charge >= 0.3 is 0 Å². The lowest BCUT2D eigenvalue weighted by molar-refractivity contribution is 0.0950. The summed E-state index contributed by atoms with van der Waals surface area (Å²) >= 11 is 0. The van der Waals surface area contributed by atoms with Crippen LogP contribution in [0.15, 0.2) is 53.6 Å². The third kappa shape index (κ3) is 7.10. The van der Waals surface area contributed by atoms with Crippen LogP contribution in [0.1, 0.15) is 61.5 Å². The number of hydrogen-bond donors (Lipinski definition) is 3. The van der Waals surface area contributed by atoms with Gasteiger partial charge in [0.15, 0.2) is 11.5 Å². The van der Waals surface area contributed by atoms with Crippen molar-refractivity contribution in [3.05, 3.63) is 59.8 Å². The van der Waals surface area contributed by atoms with E-state index >= 15 is 0 Å². The Morgan fingerprint density at radius 2 is 1.88 bits per heavy atom. The Labute approximate surface area is 200 Å². The van der Waals surface area contributed by atoms with Crippen molar-refractivity contribution in [2.75, 3.05) is 13.7 Å². The molecule has 180 valence electrons. The van der Waals surface area contributed by atoms with Crippen molar-refractivity contribution in [3.63, 3.8) is 0 Å². The maximum Gasteiger partial charge on any atom is 0.289 e. The number of carbonyl (C=O) groups excluding carboxylic acids is 1. The molecule has 3 aromatic rings. The molecule has 0 saturated heterocycles. The molecule has 1 heterocycles. The molecular weight excluding hydrogens is 432 g/mol. The van der Waals surface area contributed by atoms with Gasteiger partial charge in [-0.25, -0.2) is 5.43 Å². The van der Waals surface area contributed by atoms with Gasteiger partial charge in [0.25, 0.3) is 5.91 Å². The molecule has 8 heteroatoms. The fourth-order valence-electron chi connectivity index (χ4n) is 3.41. The SMILES string of the molecule is CCCCCCCCOc1ccc(-c2cc(C(=O)N/N=C\c3cccc(OC)c3O)[nH]n2)cc1. The molecule has 3 N–H and O–H groups in total. The van der Waals surface area contributed by atoms with Crippen molar-refractivity contribution in [3.8, 4) is 28.5 Å². The maximum absolute atomic E-state index is 12.4. The number of phenols is 1. The van der Waals surface area contributed by atoms with Gasteiger partial charge in [-0.3, -0.25) is 9.89 Å². The first-order valence-electron chi connectivity index (χ1n) is 11.6. The van der Waals surface area contributed by atoms with Crippen LogP contribution >= 0.6 is 0 Å². The second-order valence-corrected chi connectivity index (χ2v) is 7.90. The number of aromatic hydroxyl groups is 1. The van der Waals surface area contributed by atoms with Gasteiger partial charge in [0.1, 0.15) is 11.4 Å². The highest BCUT2D eigenvalue weighted by Gasteiger charge is 2.11. The van der Waals surface area contributed by atoms with Crippen molar-refractivity contribution in [1.82, 2.24) is 15.6 Å². The van der Waals surface area contributed by atoms with E-state index in [1.807, 2.05) is 24.3 Å². The van der Waals surface area contributed by atoms with Crippen molar-refractivity contribution >= 4 is 12.1 Å². The van der Waals surface area contributed by atoms with Crippen LogP contribution in [0.5, 0.6) is 17.2 Å². The summed E-state index contributed by atoms with van der Waals surface area (Å²) in [6.07, 6.45) is 8.72. The Balaban J connectivity index is 1.49. The number of unbranched alkanes of at least 4 members (excludes halogenated alkanes) is 5. The van der Waals surface area contributed by atoms with E-state index in [2.05, 4.69) is 27.6 Å². The lowest BCUT2D eigenvalue weighted by atomic mass is 10.1. The number of ether oxygens (including phenoxy) is 2. The summed E-state index contributed by atoms with van der Waals surface area (Å²) in [6, 6.07) is 14.3. The molecule has 0 fully saturated rings. The van der Waals surface area contributed by atoms with Crippen LogP contribution in [0.2, 0.25) is 0 Å². The predicted molar refractivity (Wildman–Crippen MR) is 133 cm³/mol. The largest absolute Gasteiger partial charge is 0.504 e. The average Bonchev–Trinajstić information content (AvgIpc) is 3.35. The quantitative estimate of drug-likeness (QED) is 0.181. The lowest BCUT2D eigenvalue weighted by Crippen LogP contribution is -2.18. The molecule has 0 spiro atoms. The molecule has 0 radical (unpaired) electrons. The fourth-order valence-corrected chi connectivity index (χ4v) is 3.41. The number of hydrogen-bond acceptors (Lipinski definition) is 6. The Morgan fingerprint density at radius 1 is 1.12 bits per heavy atom.